The van der Waals surface area contributed by atoms with Crippen LogP contribution in [0.4, 0.5) is 14.5 Å². The minimum atomic E-state index is -0.423. The Bertz CT molecular complexity index is 1230. The van der Waals surface area contributed by atoms with Crippen LogP contribution in [0.1, 0.15) is 34.8 Å². The van der Waals surface area contributed by atoms with Gasteiger partial charge >= 0.3 is 0 Å². The number of hydrogen-bond acceptors (Lipinski definition) is 3. The van der Waals surface area contributed by atoms with Gasteiger partial charge in [0, 0.05) is 17.3 Å². The van der Waals surface area contributed by atoms with Gasteiger partial charge in [0.15, 0.2) is 5.65 Å². The largest absolute Gasteiger partial charge is 0.322 e. The standard InChI is InChI=1S/C22H16F2N4O/c23-14-7-9-15(10-8-14)26-22(29)16-11-19(13-5-6-13)27-21-17(16)12-25-28(21)20-4-2-1-3-18(20)24/h1-4,7-13H,5-6H2,(H,26,29). The molecule has 0 atom stereocenters. The number of nitrogens with one attached hydrogen (secondary N) is 1. The molecule has 1 saturated carbocycles. The van der Waals surface area contributed by atoms with E-state index in [4.69, 9.17) is 0 Å². The monoisotopic (exact) mass is 390 g/mol. The van der Waals surface area contributed by atoms with Crippen molar-refractivity contribution in [1.82, 2.24) is 14.8 Å². The smallest absolute Gasteiger partial charge is 0.256 e. The van der Waals surface area contributed by atoms with Crippen molar-refractivity contribution in [3.05, 3.63) is 83.7 Å². The predicted octanol–water partition coefficient (Wildman–Crippen LogP) is 4.83. The third-order valence-electron chi connectivity index (χ3n) is 4.98. The number of anilines is 1. The molecular weight excluding hydrogens is 374 g/mol. The van der Waals surface area contributed by atoms with Gasteiger partial charge < -0.3 is 5.32 Å². The molecule has 1 fully saturated rings. The molecule has 4 aromatic rings. The number of fused-ring (bicyclic) bond motifs is 1. The molecule has 1 amide bonds. The summed E-state index contributed by atoms with van der Waals surface area (Å²) >= 11 is 0. The molecule has 5 nitrogen and oxygen atoms in total. The van der Waals surface area contributed by atoms with Crippen molar-refractivity contribution in [3.8, 4) is 5.69 Å². The summed E-state index contributed by atoms with van der Waals surface area (Å²) in [6, 6.07) is 13.6. The lowest BCUT2D eigenvalue weighted by molar-refractivity contribution is 0.102. The molecule has 1 aliphatic carbocycles. The number of nitrogens with zero attached hydrogens (tertiary/aromatic N) is 3. The van der Waals surface area contributed by atoms with Gasteiger partial charge in [-0.3, -0.25) is 4.79 Å². The molecule has 0 saturated heterocycles. The summed E-state index contributed by atoms with van der Waals surface area (Å²) in [5, 5.41) is 7.60. The van der Waals surface area contributed by atoms with Crippen molar-refractivity contribution < 1.29 is 13.6 Å². The average molecular weight is 390 g/mol. The van der Waals surface area contributed by atoms with Crippen LogP contribution in [0.25, 0.3) is 16.7 Å². The molecule has 0 bridgehead atoms. The van der Waals surface area contributed by atoms with Crippen LogP contribution in [0, 0.1) is 11.6 Å². The maximum Gasteiger partial charge on any atom is 0.256 e. The second kappa shape index (κ2) is 6.77. The van der Waals surface area contributed by atoms with E-state index in [1.165, 1.54) is 41.2 Å². The van der Waals surface area contributed by atoms with E-state index >= 15 is 0 Å². The van der Waals surface area contributed by atoms with Crippen LogP contribution < -0.4 is 5.32 Å². The van der Waals surface area contributed by atoms with Crippen LogP contribution in [0.5, 0.6) is 0 Å². The van der Waals surface area contributed by atoms with Crippen molar-refractivity contribution in [3.63, 3.8) is 0 Å². The Hall–Kier alpha value is -3.61. The van der Waals surface area contributed by atoms with E-state index in [1.54, 1.807) is 24.3 Å². The third kappa shape index (κ3) is 3.24. The van der Waals surface area contributed by atoms with Gasteiger partial charge in [-0.25, -0.2) is 18.4 Å². The number of pyridine rings is 1. The molecule has 7 heteroatoms. The van der Waals surface area contributed by atoms with E-state index in [2.05, 4.69) is 15.4 Å². The third-order valence-corrected chi connectivity index (χ3v) is 4.98. The number of halogens is 2. The van der Waals surface area contributed by atoms with Gasteiger partial charge in [-0.15, -0.1) is 0 Å². The molecule has 0 aliphatic heterocycles. The average Bonchev–Trinajstić information content (AvgIpc) is 3.49. The fourth-order valence-electron chi connectivity index (χ4n) is 3.33. The molecule has 2 aromatic carbocycles. The number of benzene rings is 2. The topological polar surface area (TPSA) is 59.8 Å². The summed E-state index contributed by atoms with van der Waals surface area (Å²) in [6.07, 6.45) is 3.53. The quantitative estimate of drug-likeness (QED) is 0.543. The van der Waals surface area contributed by atoms with Crippen molar-refractivity contribution in [2.24, 2.45) is 0 Å². The second-order valence-electron chi connectivity index (χ2n) is 7.08. The van der Waals surface area contributed by atoms with E-state index < -0.39 is 5.82 Å². The lowest BCUT2D eigenvalue weighted by atomic mass is 10.1. The Kier molecular flexibility index (Phi) is 4.08. The second-order valence-corrected chi connectivity index (χ2v) is 7.08. The molecular formula is C22H16F2N4O. The van der Waals surface area contributed by atoms with Crippen molar-refractivity contribution in [1.29, 1.82) is 0 Å². The fourth-order valence-corrected chi connectivity index (χ4v) is 3.33. The molecule has 0 unspecified atom stereocenters. The van der Waals surface area contributed by atoms with E-state index in [0.717, 1.165) is 18.5 Å². The van der Waals surface area contributed by atoms with Gasteiger partial charge in [0.1, 0.15) is 17.3 Å². The molecule has 0 radical (unpaired) electrons. The summed E-state index contributed by atoms with van der Waals surface area (Å²) in [4.78, 5) is 17.7. The number of hydrogen-bond donors (Lipinski definition) is 1. The van der Waals surface area contributed by atoms with Crippen LogP contribution >= 0.6 is 0 Å². The minimum Gasteiger partial charge on any atom is -0.322 e. The Labute approximate surface area is 165 Å². The number of rotatable bonds is 4. The van der Waals surface area contributed by atoms with E-state index in [0.29, 0.717) is 28.2 Å². The first-order valence-corrected chi connectivity index (χ1v) is 9.30. The zero-order valence-electron chi connectivity index (χ0n) is 15.3. The molecule has 5 rings (SSSR count). The minimum absolute atomic E-state index is 0.271. The first-order valence-electron chi connectivity index (χ1n) is 9.30. The first-order chi connectivity index (χ1) is 14.1. The van der Waals surface area contributed by atoms with Crippen LogP contribution in [-0.2, 0) is 0 Å². The highest BCUT2D eigenvalue weighted by Gasteiger charge is 2.28. The highest BCUT2D eigenvalue weighted by Crippen LogP contribution is 2.40. The van der Waals surface area contributed by atoms with Crippen LogP contribution in [0.15, 0.2) is 60.8 Å². The molecule has 1 aliphatic rings. The van der Waals surface area contributed by atoms with E-state index in [1.807, 2.05) is 0 Å². The van der Waals surface area contributed by atoms with Gasteiger partial charge in [-0.05, 0) is 55.3 Å². The molecule has 2 aromatic heterocycles. The maximum atomic E-state index is 14.3. The lowest BCUT2D eigenvalue weighted by Gasteiger charge is -2.10. The van der Waals surface area contributed by atoms with Crippen LogP contribution in [-0.4, -0.2) is 20.7 Å². The van der Waals surface area contributed by atoms with Crippen molar-refractivity contribution in [2.45, 2.75) is 18.8 Å². The summed E-state index contributed by atoms with van der Waals surface area (Å²) in [5.41, 5.74) is 2.39. The lowest BCUT2D eigenvalue weighted by Crippen LogP contribution is -2.13. The summed E-state index contributed by atoms with van der Waals surface area (Å²) in [7, 11) is 0. The number of aromatic nitrogens is 3. The normalized spacial score (nSPS) is 13.6. The van der Waals surface area contributed by atoms with Gasteiger partial charge in [-0.1, -0.05) is 12.1 Å². The Morgan fingerprint density at radius 3 is 2.55 bits per heavy atom. The summed E-state index contributed by atoms with van der Waals surface area (Å²) < 4.78 is 28.9. The number of carbonyl (C=O) groups is 1. The van der Waals surface area contributed by atoms with Gasteiger partial charge in [0.25, 0.3) is 5.91 Å². The summed E-state index contributed by atoms with van der Waals surface area (Å²) in [5.74, 6) is -0.857. The van der Waals surface area contributed by atoms with Crippen LogP contribution in [0.2, 0.25) is 0 Å². The zero-order valence-corrected chi connectivity index (χ0v) is 15.3. The van der Waals surface area contributed by atoms with Crippen LogP contribution in [0.3, 0.4) is 0 Å². The Morgan fingerprint density at radius 2 is 1.83 bits per heavy atom. The summed E-state index contributed by atoms with van der Waals surface area (Å²) in [6.45, 7) is 0. The zero-order chi connectivity index (χ0) is 20.0. The molecule has 144 valence electrons. The van der Waals surface area contributed by atoms with Gasteiger partial charge in [0.05, 0.1) is 17.1 Å². The van der Waals surface area contributed by atoms with E-state index in [-0.39, 0.29) is 17.4 Å². The highest BCUT2D eigenvalue weighted by molar-refractivity contribution is 6.12. The van der Waals surface area contributed by atoms with Gasteiger partial charge in [-0.2, -0.15) is 5.10 Å². The fraction of sp³-hybridized carbons (Fsp3) is 0.136. The first kappa shape index (κ1) is 17.5. The van der Waals surface area contributed by atoms with E-state index in [9.17, 15) is 13.6 Å². The Morgan fingerprint density at radius 1 is 1.07 bits per heavy atom. The Balaban J connectivity index is 1.62. The van der Waals surface area contributed by atoms with Crippen molar-refractivity contribution in [2.75, 3.05) is 5.32 Å². The predicted molar refractivity (Wildman–Crippen MR) is 105 cm³/mol. The SMILES string of the molecule is O=C(Nc1ccc(F)cc1)c1cc(C2CC2)nc2c1cnn2-c1ccccc1F. The van der Waals surface area contributed by atoms with Gasteiger partial charge in [0.2, 0.25) is 0 Å². The number of para-hydroxylation sites is 1. The molecule has 2 heterocycles. The number of carbonyl (C=O) groups excluding carboxylic acids is 1. The molecule has 1 N–H and O–H groups in total. The molecule has 29 heavy (non-hydrogen) atoms. The van der Waals surface area contributed by atoms with Crippen molar-refractivity contribution >= 4 is 22.6 Å². The highest BCUT2D eigenvalue weighted by atomic mass is 19.1. The maximum absolute atomic E-state index is 14.3. The number of amides is 1. The molecule has 0 spiro atoms.